The van der Waals surface area contributed by atoms with Crippen LogP contribution in [0.15, 0.2) is 64.7 Å². The van der Waals surface area contributed by atoms with Gasteiger partial charge in [-0.05, 0) is 49.7 Å². The van der Waals surface area contributed by atoms with Crippen LogP contribution in [-0.4, -0.2) is 12.3 Å². The predicted molar refractivity (Wildman–Crippen MR) is 82.4 cm³/mol. The third-order valence-electron chi connectivity index (χ3n) is 4.07. The molecule has 98 valence electrons. The highest BCUT2D eigenvalue weighted by molar-refractivity contribution is 6.10. The Morgan fingerprint density at radius 3 is 2.84 bits per heavy atom. The maximum absolute atomic E-state index is 4.65. The van der Waals surface area contributed by atoms with Crippen LogP contribution in [0.5, 0.6) is 0 Å². The van der Waals surface area contributed by atoms with Gasteiger partial charge in [0.25, 0.3) is 0 Å². The largest absolute Gasteiger partial charge is 0.284 e. The van der Waals surface area contributed by atoms with E-state index < -0.39 is 0 Å². The molecule has 0 radical (unpaired) electrons. The topological polar surface area (TPSA) is 12.4 Å². The van der Waals surface area contributed by atoms with Gasteiger partial charge in [0.2, 0.25) is 0 Å². The van der Waals surface area contributed by atoms with Crippen LogP contribution in [0.3, 0.4) is 0 Å². The van der Waals surface area contributed by atoms with Crippen LogP contribution in [0.25, 0.3) is 0 Å². The van der Waals surface area contributed by atoms with Crippen molar-refractivity contribution in [3.8, 4) is 0 Å². The van der Waals surface area contributed by atoms with Gasteiger partial charge in [0.05, 0.1) is 5.71 Å². The molecular weight excluding hydrogens is 230 g/mol. The number of nitrogens with zero attached hydrogens (tertiary/aromatic N) is 1. The molecule has 0 fully saturated rings. The zero-order chi connectivity index (χ0) is 13.1. The van der Waals surface area contributed by atoms with Gasteiger partial charge in [0, 0.05) is 6.54 Å². The second-order valence-corrected chi connectivity index (χ2v) is 5.65. The summed E-state index contributed by atoms with van der Waals surface area (Å²) in [6, 6.07) is 0. The van der Waals surface area contributed by atoms with Crippen molar-refractivity contribution >= 4 is 5.71 Å². The van der Waals surface area contributed by atoms with Crippen LogP contribution >= 0.6 is 0 Å². The zero-order valence-corrected chi connectivity index (χ0v) is 11.5. The molecule has 3 rings (SSSR count). The summed E-state index contributed by atoms with van der Waals surface area (Å²) in [6.07, 6.45) is 21.6. The summed E-state index contributed by atoms with van der Waals surface area (Å²) in [6.45, 7) is 3.18. The lowest BCUT2D eigenvalue weighted by Gasteiger charge is -2.27. The van der Waals surface area contributed by atoms with Gasteiger partial charge in [-0.2, -0.15) is 0 Å². The van der Waals surface area contributed by atoms with E-state index in [4.69, 9.17) is 0 Å². The van der Waals surface area contributed by atoms with E-state index in [1.54, 1.807) is 0 Å². The summed E-state index contributed by atoms with van der Waals surface area (Å²) in [5, 5.41) is 0. The highest BCUT2D eigenvalue weighted by atomic mass is 14.7. The van der Waals surface area contributed by atoms with Crippen LogP contribution in [0.4, 0.5) is 0 Å². The Labute approximate surface area is 115 Å². The van der Waals surface area contributed by atoms with Gasteiger partial charge in [-0.25, -0.2) is 0 Å². The highest BCUT2D eigenvalue weighted by Gasteiger charge is 2.22. The normalized spacial score (nSPS) is 29.8. The molecule has 1 nitrogen and oxygen atoms in total. The molecule has 0 spiro atoms. The molecule has 1 aliphatic heterocycles. The number of dihydropyridines is 1. The van der Waals surface area contributed by atoms with E-state index in [2.05, 4.69) is 60.5 Å². The first-order valence-electron chi connectivity index (χ1n) is 7.26. The van der Waals surface area contributed by atoms with Gasteiger partial charge in [-0.15, -0.1) is 0 Å². The lowest BCUT2D eigenvalue weighted by molar-refractivity contribution is 0.467. The van der Waals surface area contributed by atoms with Crippen molar-refractivity contribution in [1.29, 1.82) is 0 Å². The molecule has 0 aromatic heterocycles. The first-order chi connectivity index (χ1) is 9.33. The monoisotopic (exact) mass is 251 g/mol. The van der Waals surface area contributed by atoms with E-state index >= 15 is 0 Å². The van der Waals surface area contributed by atoms with Gasteiger partial charge >= 0.3 is 0 Å². The minimum atomic E-state index is 0.624. The van der Waals surface area contributed by atoms with Crippen LogP contribution < -0.4 is 0 Å². The molecule has 0 N–H and O–H groups in total. The second kappa shape index (κ2) is 5.56. The van der Waals surface area contributed by atoms with Crippen molar-refractivity contribution in [2.24, 2.45) is 16.8 Å². The number of aliphatic imine (C=N–C) groups is 1. The van der Waals surface area contributed by atoms with Crippen LogP contribution in [0, 0.1) is 11.8 Å². The Kier molecular flexibility index (Phi) is 3.63. The van der Waals surface area contributed by atoms with Crippen LogP contribution in [-0.2, 0) is 0 Å². The van der Waals surface area contributed by atoms with E-state index in [0.29, 0.717) is 11.8 Å². The maximum atomic E-state index is 4.65. The number of hydrogen-bond acceptors (Lipinski definition) is 1. The van der Waals surface area contributed by atoms with Gasteiger partial charge in [-0.3, -0.25) is 4.99 Å². The Bertz CT molecular complexity index is 526. The first kappa shape index (κ1) is 12.4. The molecule has 3 aliphatic rings. The summed E-state index contributed by atoms with van der Waals surface area (Å²) < 4.78 is 0. The summed E-state index contributed by atoms with van der Waals surface area (Å²) in [5.74, 6) is 1.27. The smallest absolute Gasteiger partial charge is 0.0640 e. The molecular formula is C18H21N. The highest BCUT2D eigenvalue weighted by Crippen LogP contribution is 2.33. The van der Waals surface area contributed by atoms with Crippen LogP contribution in [0.2, 0.25) is 0 Å². The molecule has 1 heterocycles. The molecule has 0 aromatic rings. The Hall–Kier alpha value is -1.63. The van der Waals surface area contributed by atoms with Gasteiger partial charge in [-0.1, -0.05) is 48.1 Å². The summed E-state index contributed by atoms with van der Waals surface area (Å²) >= 11 is 0. The summed E-state index contributed by atoms with van der Waals surface area (Å²) in [7, 11) is 0. The minimum absolute atomic E-state index is 0.624. The summed E-state index contributed by atoms with van der Waals surface area (Å²) in [4.78, 5) is 4.65. The molecule has 2 unspecified atom stereocenters. The van der Waals surface area contributed by atoms with E-state index in [9.17, 15) is 0 Å². The van der Waals surface area contributed by atoms with Crippen LogP contribution in [0.1, 0.15) is 26.2 Å². The predicted octanol–water partition coefficient (Wildman–Crippen LogP) is 4.41. The van der Waals surface area contributed by atoms with Gasteiger partial charge in [0.1, 0.15) is 0 Å². The maximum Gasteiger partial charge on any atom is 0.0640 e. The SMILES string of the molecule is CC1=CC(C2=NCCC=C2)=CC(C2C=CC=CC2)C1. The number of hydrogen-bond donors (Lipinski definition) is 0. The Morgan fingerprint density at radius 2 is 2.11 bits per heavy atom. The van der Waals surface area contributed by atoms with Crippen molar-refractivity contribution < 1.29 is 0 Å². The van der Waals surface area contributed by atoms with E-state index in [-0.39, 0.29) is 0 Å². The zero-order valence-electron chi connectivity index (χ0n) is 11.5. The van der Waals surface area contributed by atoms with E-state index in [0.717, 1.165) is 13.0 Å². The van der Waals surface area contributed by atoms with Crippen molar-refractivity contribution in [2.45, 2.75) is 26.2 Å². The first-order valence-corrected chi connectivity index (χ1v) is 7.26. The average Bonchev–Trinajstić information content (AvgIpc) is 2.48. The lowest BCUT2D eigenvalue weighted by Crippen LogP contribution is -2.17. The molecule has 0 saturated heterocycles. The standard InChI is InChI=1S/C18H21N/c1-14-11-16(15-7-3-2-4-8-15)13-17(12-14)18-9-5-6-10-19-18/h2-5,7,9,12-13,15-16H,6,8,10-11H2,1H3. The Morgan fingerprint density at radius 1 is 1.16 bits per heavy atom. The minimum Gasteiger partial charge on any atom is -0.284 e. The molecule has 0 bridgehead atoms. The molecule has 1 heteroatoms. The summed E-state index contributed by atoms with van der Waals surface area (Å²) in [5.41, 5.74) is 3.98. The fraction of sp³-hybridized carbons (Fsp3) is 0.389. The third-order valence-corrected chi connectivity index (χ3v) is 4.07. The third kappa shape index (κ3) is 2.86. The second-order valence-electron chi connectivity index (χ2n) is 5.65. The molecule has 0 saturated carbocycles. The van der Waals surface area contributed by atoms with E-state index in [1.807, 2.05) is 0 Å². The van der Waals surface area contributed by atoms with Gasteiger partial charge < -0.3 is 0 Å². The fourth-order valence-corrected chi connectivity index (χ4v) is 3.08. The van der Waals surface area contributed by atoms with Crippen molar-refractivity contribution in [3.05, 3.63) is 59.8 Å². The molecule has 2 atom stereocenters. The van der Waals surface area contributed by atoms with Crippen molar-refractivity contribution in [3.63, 3.8) is 0 Å². The fourth-order valence-electron chi connectivity index (χ4n) is 3.08. The lowest BCUT2D eigenvalue weighted by atomic mass is 9.78. The molecule has 0 aromatic carbocycles. The number of rotatable bonds is 2. The number of allylic oxidation sites excluding steroid dienone is 9. The Balaban J connectivity index is 1.84. The molecule has 2 aliphatic carbocycles. The van der Waals surface area contributed by atoms with E-state index in [1.165, 1.54) is 29.7 Å². The molecule has 0 amide bonds. The quantitative estimate of drug-likeness (QED) is 0.689. The van der Waals surface area contributed by atoms with Gasteiger partial charge in [0.15, 0.2) is 0 Å². The molecule has 19 heavy (non-hydrogen) atoms. The van der Waals surface area contributed by atoms with Crippen molar-refractivity contribution in [2.75, 3.05) is 6.54 Å². The average molecular weight is 251 g/mol. The van der Waals surface area contributed by atoms with Crippen molar-refractivity contribution in [1.82, 2.24) is 0 Å².